The number of nitrogens with one attached hydrogen (secondary N) is 1. The highest BCUT2D eigenvalue weighted by molar-refractivity contribution is 6.17. The molecular formula is C11H8ClFN2O3. The van der Waals surface area contributed by atoms with E-state index in [1.165, 1.54) is 0 Å². The van der Waals surface area contributed by atoms with Gasteiger partial charge in [-0.05, 0) is 6.07 Å². The quantitative estimate of drug-likeness (QED) is 0.829. The second-order valence-corrected chi connectivity index (χ2v) is 3.97. The van der Waals surface area contributed by atoms with Crippen LogP contribution in [0.1, 0.15) is 16.1 Å². The number of hydrogen-bond donors (Lipinski definition) is 2. The van der Waals surface area contributed by atoms with Gasteiger partial charge in [-0.2, -0.15) is 0 Å². The SMILES string of the molecule is O=C(O)c1c[nH]c2nc(CCCl)c(F)cc2c1=O. The summed E-state index contributed by atoms with van der Waals surface area (Å²) in [6.45, 7) is 0. The Labute approximate surface area is 105 Å². The van der Waals surface area contributed by atoms with Gasteiger partial charge in [0.05, 0.1) is 11.1 Å². The standard InChI is InChI=1S/C11H8ClFN2O3/c12-2-1-8-7(13)3-5-9(16)6(11(17)18)4-14-10(5)15-8/h3-4H,1-2H2,(H,17,18)(H,14,15,16). The third-order valence-electron chi connectivity index (χ3n) is 2.45. The first kappa shape index (κ1) is 12.5. The van der Waals surface area contributed by atoms with Crippen molar-refractivity contribution in [1.82, 2.24) is 9.97 Å². The number of aromatic nitrogens is 2. The number of halogens is 2. The smallest absolute Gasteiger partial charge is 0.341 e. The van der Waals surface area contributed by atoms with Crippen molar-refractivity contribution < 1.29 is 14.3 Å². The molecule has 0 fully saturated rings. The van der Waals surface area contributed by atoms with Crippen LogP contribution in [0.25, 0.3) is 11.0 Å². The van der Waals surface area contributed by atoms with E-state index in [4.69, 9.17) is 16.7 Å². The van der Waals surface area contributed by atoms with E-state index in [2.05, 4.69) is 9.97 Å². The van der Waals surface area contributed by atoms with Crippen molar-refractivity contribution >= 4 is 28.6 Å². The van der Waals surface area contributed by atoms with Gasteiger partial charge < -0.3 is 10.1 Å². The van der Waals surface area contributed by atoms with E-state index in [1.54, 1.807) is 0 Å². The summed E-state index contributed by atoms with van der Waals surface area (Å²) in [6, 6.07) is 0.982. The van der Waals surface area contributed by atoms with Crippen LogP contribution < -0.4 is 5.43 Å². The normalized spacial score (nSPS) is 10.8. The number of carboxylic acids is 1. The molecule has 94 valence electrons. The van der Waals surface area contributed by atoms with Gasteiger partial charge in [-0.1, -0.05) is 0 Å². The first-order valence-corrected chi connectivity index (χ1v) is 5.58. The molecule has 0 atom stereocenters. The molecule has 0 aliphatic rings. The average molecular weight is 271 g/mol. The molecular weight excluding hydrogens is 263 g/mol. The first-order chi connectivity index (χ1) is 8.54. The van der Waals surface area contributed by atoms with E-state index in [0.29, 0.717) is 0 Å². The molecule has 0 aromatic carbocycles. The molecule has 0 aliphatic heterocycles. The maximum Gasteiger partial charge on any atom is 0.341 e. The van der Waals surface area contributed by atoms with Gasteiger partial charge in [0.2, 0.25) is 5.43 Å². The van der Waals surface area contributed by atoms with Crippen molar-refractivity contribution in [3.8, 4) is 0 Å². The summed E-state index contributed by atoms with van der Waals surface area (Å²) in [5, 5.41) is 8.69. The van der Waals surface area contributed by atoms with Gasteiger partial charge in [-0.15, -0.1) is 11.6 Å². The molecule has 0 bridgehead atoms. The number of aromatic amines is 1. The molecule has 0 spiro atoms. The Morgan fingerprint density at radius 1 is 1.56 bits per heavy atom. The van der Waals surface area contributed by atoms with Gasteiger partial charge in [-0.3, -0.25) is 4.79 Å². The molecule has 0 amide bonds. The number of carbonyl (C=O) groups is 1. The number of alkyl halides is 1. The van der Waals surface area contributed by atoms with Crippen molar-refractivity contribution in [2.45, 2.75) is 6.42 Å². The van der Waals surface area contributed by atoms with Crippen molar-refractivity contribution in [1.29, 1.82) is 0 Å². The Bertz CT molecular complexity index is 684. The number of rotatable bonds is 3. The van der Waals surface area contributed by atoms with Crippen LogP contribution in [0.5, 0.6) is 0 Å². The van der Waals surface area contributed by atoms with Crippen LogP contribution in [0.15, 0.2) is 17.1 Å². The summed E-state index contributed by atoms with van der Waals surface area (Å²) < 4.78 is 13.6. The van der Waals surface area contributed by atoms with Gasteiger partial charge in [0.25, 0.3) is 0 Å². The largest absolute Gasteiger partial charge is 0.477 e. The molecule has 5 nitrogen and oxygen atoms in total. The van der Waals surface area contributed by atoms with Crippen molar-refractivity contribution in [2.75, 3.05) is 5.88 Å². The summed E-state index contributed by atoms with van der Waals surface area (Å²) in [5.41, 5.74) is -0.934. The van der Waals surface area contributed by atoms with Crippen LogP contribution in [0, 0.1) is 5.82 Å². The molecule has 0 unspecified atom stereocenters. The second kappa shape index (κ2) is 4.73. The molecule has 0 saturated heterocycles. The Hall–Kier alpha value is -1.95. The summed E-state index contributed by atoms with van der Waals surface area (Å²) in [5.74, 6) is -1.84. The van der Waals surface area contributed by atoms with E-state index in [-0.39, 0.29) is 29.0 Å². The Balaban J connectivity index is 2.73. The van der Waals surface area contributed by atoms with E-state index < -0.39 is 22.8 Å². The summed E-state index contributed by atoms with van der Waals surface area (Å²) in [4.78, 5) is 29.0. The van der Waals surface area contributed by atoms with E-state index in [0.717, 1.165) is 12.3 Å². The van der Waals surface area contributed by atoms with Crippen molar-refractivity contribution in [3.05, 3.63) is 39.6 Å². The number of carboxylic acid groups (broad SMARTS) is 1. The van der Waals surface area contributed by atoms with Crippen LogP contribution in [0.2, 0.25) is 0 Å². The molecule has 2 aromatic rings. The number of hydrogen-bond acceptors (Lipinski definition) is 3. The molecule has 0 aliphatic carbocycles. The molecule has 0 radical (unpaired) electrons. The third-order valence-corrected chi connectivity index (χ3v) is 2.64. The van der Waals surface area contributed by atoms with E-state index >= 15 is 0 Å². The number of aryl methyl sites for hydroxylation is 1. The maximum atomic E-state index is 13.6. The lowest BCUT2D eigenvalue weighted by Crippen LogP contribution is -2.16. The minimum atomic E-state index is -1.37. The highest BCUT2D eigenvalue weighted by atomic mass is 35.5. The summed E-state index contributed by atoms with van der Waals surface area (Å²) in [6.07, 6.45) is 1.27. The minimum Gasteiger partial charge on any atom is -0.477 e. The Morgan fingerprint density at radius 2 is 2.28 bits per heavy atom. The third kappa shape index (κ3) is 2.06. The lowest BCUT2D eigenvalue weighted by atomic mass is 10.1. The molecule has 2 rings (SSSR count). The fraction of sp³-hybridized carbons (Fsp3) is 0.182. The number of aromatic carboxylic acids is 1. The zero-order valence-electron chi connectivity index (χ0n) is 9.04. The average Bonchev–Trinajstić information content (AvgIpc) is 2.31. The number of nitrogens with zero attached hydrogens (tertiary/aromatic N) is 1. The van der Waals surface area contributed by atoms with Gasteiger partial charge in [0.1, 0.15) is 17.0 Å². The van der Waals surface area contributed by atoms with Crippen LogP contribution >= 0.6 is 11.6 Å². The van der Waals surface area contributed by atoms with E-state index in [1.807, 2.05) is 0 Å². The van der Waals surface area contributed by atoms with Crippen LogP contribution in [0.4, 0.5) is 4.39 Å². The highest BCUT2D eigenvalue weighted by Gasteiger charge is 2.14. The molecule has 2 heterocycles. The maximum absolute atomic E-state index is 13.6. The van der Waals surface area contributed by atoms with Crippen molar-refractivity contribution in [2.24, 2.45) is 0 Å². The highest BCUT2D eigenvalue weighted by Crippen LogP contribution is 2.12. The molecule has 7 heteroatoms. The second-order valence-electron chi connectivity index (χ2n) is 3.59. The van der Waals surface area contributed by atoms with Crippen molar-refractivity contribution in [3.63, 3.8) is 0 Å². The Morgan fingerprint density at radius 3 is 2.89 bits per heavy atom. The first-order valence-electron chi connectivity index (χ1n) is 5.04. The van der Waals surface area contributed by atoms with Gasteiger partial charge in [-0.25, -0.2) is 14.2 Å². The van der Waals surface area contributed by atoms with Crippen LogP contribution in [-0.2, 0) is 6.42 Å². The van der Waals surface area contributed by atoms with Crippen LogP contribution in [0.3, 0.4) is 0 Å². The van der Waals surface area contributed by atoms with Crippen LogP contribution in [-0.4, -0.2) is 26.9 Å². The number of fused-ring (bicyclic) bond motifs is 1. The number of H-pyrrole nitrogens is 1. The fourth-order valence-electron chi connectivity index (χ4n) is 1.58. The van der Waals surface area contributed by atoms with E-state index in [9.17, 15) is 14.0 Å². The molecule has 2 aromatic heterocycles. The molecule has 18 heavy (non-hydrogen) atoms. The lowest BCUT2D eigenvalue weighted by Gasteiger charge is -2.03. The summed E-state index contributed by atoms with van der Waals surface area (Å²) in [7, 11) is 0. The zero-order chi connectivity index (χ0) is 13.3. The fourth-order valence-corrected chi connectivity index (χ4v) is 1.76. The van der Waals surface area contributed by atoms with Gasteiger partial charge >= 0.3 is 5.97 Å². The number of pyridine rings is 2. The predicted molar refractivity (Wildman–Crippen MR) is 63.7 cm³/mol. The zero-order valence-corrected chi connectivity index (χ0v) is 9.79. The minimum absolute atomic E-state index is 0.0919. The van der Waals surface area contributed by atoms with Gasteiger partial charge in [0.15, 0.2) is 0 Å². The lowest BCUT2D eigenvalue weighted by molar-refractivity contribution is 0.0695. The monoisotopic (exact) mass is 270 g/mol. The summed E-state index contributed by atoms with van der Waals surface area (Å²) >= 11 is 5.50. The van der Waals surface area contributed by atoms with Gasteiger partial charge in [0, 0.05) is 18.5 Å². The topological polar surface area (TPSA) is 83.0 Å². The predicted octanol–water partition coefficient (Wildman–Crippen LogP) is 1.54. The molecule has 2 N–H and O–H groups in total. The Kier molecular flexibility index (Phi) is 3.29. The molecule has 0 saturated carbocycles.